The van der Waals surface area contributed by atoms with Crippen molar-refractivity contribution in [3.63, 3.8) is 0 Å². The van der Waals surface area contributed by atoms with E-state index in [1.54, 1.807) is 13.4 Å². The van der Waals surface area contributed by atoms with Gasteiger partial charge in [0, 0.05) is 11.1 Å². The van der Waals surface area contributed by atoms with Crippen molar-refractivity contribution in [2.45, 2.75) is 20.3 Å². The Kier molecular flexibility index (Phi) is 4.61. The number of methoxy groups -OCH3 is 1. The molecule has 1 aromatic carbocycles. The van der Waals surface area contributed by atoms with Gasteiger partial charge in [-0.05, 0) is 30.1 Å². The molecule has 0 amide bonds. The van der Waals surface area contributed by atoms with Crippen LogP contribution < -0.4 is 16.2 Å². The predicted octanol–water partition coefficient (Wildman–Crippen LogP) is 3.98. The number of para-hydroxylation sites is 1. The lowest BCUT2D eigenvalue weighted by Gasteiger charge is -2.17. The minimum atomic E-state index is 0.0988. The molecule has 130 valence electrons. The summed E-state index contributed by atoms with van der Waals surface area (Å²) in [5.74, 6) is 1.56. The van der Waals surface area contributed by atoms with Gasteiger partial charge < -0.3 is 20.6 Å². The number of aromatic nitrogens is 2. The molecule has 0 spiro atoms. The lowest BCUT2D eigenvalue weighted by molar-refractivity contribution is 0.413. The molecule has 3 aromatic rings. The minimum Gasteiger partial charge on any atom is -0.496 e. The molecular weight excluding hydrogens is 316 g/mol. The second-order valence-corrected chi connectivity index (χ2v) is 5.95. The van der Waals surface area contributed by atoms with Crippen molar-refractivity contribution in [2.24, 2.45) is 5.92 Å². The quantitative estimate of drug-likeness (QED) is 0.730. The minimum absolute atomic E-state index is 0.0988. The summed E-state index contributed by atoms with van der Waals surface area (Å²) in [4.78, 5) is 8.15. The number of benzene rings is 1. The molecule has 4 N–H and O–H groups in total. The van der Waals surface area contributed by atoms with Crippen LogP contribution in [0.3, 0.4) is 0 Å². The van der Waals surface area contributed by atoms with E-state index in [2.05, 4.69) is 36.0 Å². The number of anilines is 2. The molecule has 25 heavy (non-hydrogen) atoms. The maximum absolute atomic E-state index is 6.04. The molecule has 0 fully saturated rings. The maximum Gasteiger partial charge on any atom is 0.233 e. The third kappa shape index (κ3) is 3.15. The number of allylic oxidation sites excluding steroid dienone is 1. The molecule has 0 radical (unpaired) electrons. The highest BCUT2D eigenvalue weighted by atomic mass is 16.5. The third-order valence-corrected chi connectivity index (χ3v) is 4.38. The molecule has 2 aromatic heterocycles. The van der Waals surface area contributed by atoms with Gasteiger partial charge in [0.1, 0.15) is 17.8 Å². The summed E-state index contributed by atoms with van der Waals surface area (Å²) in [6.45, 7) is 4.33. The second kappa shape index (κ2) is 6.84. The number of fused-ring (bicyclic) bond motifs is 1. The van der Waals surface area contributed by atoms with E-state index in [4.69, 9.17) is 20.6 Å². The van der Waals surface area contributed by atoms with Crippen molar-refractivity contribution in [3.8, 4) is 5.75 Å². The number of rotatable bonds is 5. The predicted molar refractivity (Wildman–Crippen MR) is 101 cm³/mol. The Morgan fingerprint density at radius 3 is 2.76 bits per heavy atom. The number of nitrogen functional groups attached to an aromatic ring is 2. The van der Waals surface area contributed by atoms with E-state index >= 15 is 0 Å². The van der Waals surface area contributed by atoms with Crippen molar-refractivity contribution in [3.05, 3.63) is 41.7 Å². The first-order valence-corrected chi connectivity index (χ1v) is 8.20. The Balaban J connectivity index is 2.21. The van der Waals surface area contributed by atoms with Crippen LogP contribution >= 0.6 is 0 Å². The first-order valence-electron chi connectivity index (χ1n) is 8.20. The molecule has 0 aliphatic rings. The largest absolute Gasteiger partial charge is 0.496 e. The van der Waals surface area contributed by atoms with Crippen LogP contribution in [0, 0.1) is 5.92 Å². The summed E-state index contributed by atoms with van der Waals surface area (Å²) >= 11 is 0. The van der Waals surface area contributed by atoms with Gasteiger partial charge in [0.25, 0.3) is 0 Å². The molecule has 3 rings (SSSR count). The lowest BCUT2D eigenvalue weighted by atomic mass is 9.89. The van der Waals surface area contributed by atoms with E-state index in [-0.39, 0.29) is 5.95 Å². The molecule has 0 saturated carbocycles. The molecule has 0 saturated heterocycles. The van der Waals surface area contributed by atoms with E-state index in [0.29, 0.717) is 22.8 Å². The van der Waals surface area contributed by atoms with E-state index in [0.717, 1.165) is 28.9 Å². The van der Waals surface area contributed by atoms with Crippen molar-refractivity contribution in [1.29, 1.82) is 0 Å². The van der Waals surface area contributed by atoms with Gasteiger partial charge in [-0.2, -0.15) is 9.97 Å². The van der Waals surface area contributed by atoms with E-state index in [9.17, 15) is 0 Å². The van der Waals surface area contributed by atoms with Crippen molar-refractivity contribution in [2.75, 3.05) is 18.6 Å². The lowest BCUT2D eigenvalue weighted by Crippen LogP contribution is -2.01. The Labute approximate surface area is 146 Å². The van der Waals surface area contributed by atoms with Gasteiger partial charge in [-0.25, -0.2) is 0 Å². The van der Waals surface area contributed by atoms with Crippen LogP contribution in [0.4, 0.5) is 11.8 Å². The van der Waals surface area contributed by atoms with Crippen LogP contribution in [0.15, 0.2) is 34.9 Å². The molecule has 2 heterocycles. The zero-order valence-electron chi connectivity index (χ0n) is 14.6. The van der Waals surface area contributed by atoms with Crippen molar-refractivity contribution in [1.82, 2.24) is 9.97 Å². The van der Waals surface area contributed by atoms with Crippen molar-refractivity contribution >= 4 is 34.5 Å². The number of hydrogen-bond acceptors (Lipinski definition) is 6. The average molecular weight is 338 g/mol. The molecule has 1 atom stereocenters. The summed E-state index contributed by atoms with van der Waals surface area (Å²) in [6, 6.07) is 7.96. The number of ether oxygens (including phenoxy) is 1. The average Bonchev–Trinajstić information content (AvgIpc) is 3.01. The normalized spacial score (nSPS) is 13.2. The van der Waals surface area contributed by atoms with Gasteiger partial charge in [-0.15, -0.1) is 0 Å². The first kappa shape index (κ1) is 16.8. The molecule has 0 aliphatic carbocycles. The first-order chi connectivity index (χ1) is 12.0. The zero-order chi connectivity index (χ0) is 18.0. The smallest absolute Gasteiger partial charge is 0.233 e. The molecule has 6 heteroatoms. The van der Waals surface area contributed by atoms with Crippen LogP contribution in [0.1, 0.15) is 31.4 Å². The summed E-state index contributed by atoms with van der Waals surface area (Å²) in [5.41, 5.74) is 15.1. The number of furan rings is 1. The highest BCUT2D eigenvalue weighted by molar-refractivity contribution is 5.98. The Morgan fingerprint density at radius 2 is 2.04 bits per heavy atom. The van der Waals surface area contributed by atoms with Crippen LogP contribution in [-0.4, -0.2) is 17.1 Å². The Bertz CT molecular complexity index is 930. The maximum atomic E-state index is 6.04. The molecule has 0 aliphatic heterocycles. The second-order valence-electron chi connectivity index (χ2n) is 5.95. The fraction of sp³-hybridized carbons (Fsp3) is 0.263. The zero-order valence-corrected chi connectivity index (χ0v) is 14.6. The molecule has 0 unspecified atom stereocenters. The number of hydrogen-bond donors (Lipinski definition) is 2. The molecule has 6 nitrogen and oxygen atoms in total. The molecular formula is C19H22N4O2. The SMILES string of the molecule is CC[C@@H](C)/C(=C\c1coc2nc(N)nc(N)c12)c1ccccc1OC. The molecule has 0 bridgehead atoms. The van der Waals surface area contributed by atoms with Gasteiger partial charge >= 0.3 is 0 Å². The summed E-state index contributed by atoms with van der Waals surface area (Å²) in [5, 5.41) is 0.671. The van der Waals surface area contributed by atoms with Crippen molar-refractivity contribution < 1.29 is 9.15 Å². The van der Waals surface area contributed by atoms with Gasteiger partial charge in [-0.3, -0.25) is 0 Å². The Morgan fingerprint density at radius 1 is 1.28 bits per heavy atom. The van der Waals surface area contributed by atoms with Gasteiger partial charge in [0.05, 0.1) is 12.5 Å². The summed E-state index contributed by atoms with van der Waals surface area (Å²) in [7, 11) is 1.68. The van der Waals surface area contributed by atoms with Crippen LogP contribution in [0.25, 0.3) is 22.7 Å². The summed E-state index contributed by atoms with van der Waals surface area (Å²) in [6.07, 6.45) is 4.68. The number of nitrogens with zero attached hydrogens (tertiary/aromatic N) is 2. The Hall–Kier alpha value is -3.02. The van der Waals surface area contributed by atoms with Crippen LogP contribution in [-0.2, 0) is 0 Å². The fourth-order valence-electron chi connectivity index (χ4n) is 2.87. The van der Waals surface area contributed by atoms with Crippen LogP contribution in [0.5, 0.6) is 5.75 Å². The highest BCUT2D eigenvalue weighted by Gasteiger charge is 2.17. The van der Waals surface area contributed by atoms with E-state index in [1.807, 2.05) is 18.2 Å². The number of nitrogens with two attached hydrogens (primary N) is 2. The van der Waals surface area contributed by atoms with E-state index in [1.165, 1.54) is 0 Å². The van der Waals surface area contributed by atoms with E-state index < -0.39 is 0 Å². The van der Waals surface area contributed by atoms with Gasteiger partial charge in [-0.1, -0.05) is 32.0 Å². The fourth-order valence-corrected chi connectivity index (χ4v) is 2.87. The van der Waals surface area contributed by atoms with Gasteiger partial charge in [0.15, 0.2) is 0 Å². The topological polar surface area (TPSA) is 100 Å². The van der Waals surface area contributed by atoms with Crippen LogP contribution in [0.2, 0.25) is 0 Å². The standard InChI is InChI=1S/C19H22N4O2/c1-4-11(2)14(13-7-5-6-8-15(13)24-3)9-12-10-25-18-16(12)17(20)22-19(21)23-18/h5-11H,4H2,1-3H3,(H4,20,21,22,23)/b14-9+/t11-/m1/s1. The summed E-state index contributed by atoms with van der Waals surface area (Å²) < 4.78 is 11.1. The third-order valence-electron chi connectivity index (χ3n) is 4.38. The highest BCUT2D eigenvalue weighted by Crippen LogP contribution is 2.36. The van der Waals surface area contributed by atoms with Gasteiger partial charge in [0.2, 0.25) is 11.7 Å². The monoisotopic (exact) mass is 338 g/mol.